The van der Waals surface area contributed by atoms with Gasteiger partial charge in [0.1, 0.15) is 25.1 Å². The molecular formula is C24H27ClN2O4. The number of methoxy groups -OCH3 is 1. The fraction of sp³-hybridized carbons (Fsp3) is 0.250. The van der Waals surface area contributed by atoms with Crippen LogP contribution in [0, 0.1) is 0 Å². The number of aliphatic hydroxyl groups is 1. The Labute approximate surface area is 187 Å². The van der Waals surface area contributed by atoms with Crippen molar-refractivity contribution in [2.45, 2.75) is 6.10 Å². The van der Waals surface area contributed by atoms with Crippen LogP contribution in [0.5, 0.6) is 17.2 Å². The molecule has 0 aliphatic heterocycles. The molecule has 0 spiro atoms. The summed E-state index contributed by atoms with van der Waals surface area (Å²) in [5.74, 6) is 2.18. The predicted molar refractivity (Wildman–Crippen MR) is 126 cm³/mol. The van der Waals surface area contributed by atoms with Crippen molar-refractivity contribution in [3.05, 3.63) is 66.7 Å². The monoisotopic (exact) mass is 442 g/mol. The molecule has 7 heteroatoms. The van der Waals surface area contributed by atoms with Gasteiger partial charge in [-0.1, -0.05) is 36.4 Å². The second kappa shape index (κ2) is 10.9. The highest BCUT2D eigenvalue weighted by atomic mass is 35.5. The number of hydrogen-bond acceptors (Lipinski definition) is 5. The number of H-pyrrole nitrogens is 1. The van der Waals surface area contributed by atoms with Crippen molar-refractivity contribution in [1.82, 2.24) is 10.3 Å². The zero-order valence-corrected chi connectivity index (χ0v) is 18.2. The average molecular weight is 443 g/mol. The highest BCUT2D eigenvalue weighted by Gasteiger charge is 2.11. The van der Waals surface area contributed by atoms with Crippen LogP contribution < -0.4 is 19.5 Å². The third-order valence-electron chi connectivity index (χ3n) is 4.91. The standard InChI is InChI=1S/C24H26N2O4.ClH/c1-28-21-10-4-5-11-22(21)29-14-13-25-15-17(27)16-30-23-12-6-9-20-24(23)18-7-2-3-8-19(18)26-20;/h2-12,17,25-27H,13-16H2,1H3;1H/t17-;/m0./s1. The third-order valence-corrected chi connectivity index (χ3v) is 4.91. The zero-order valence-electron chi connectivity index (χ0n) is 17.3. The zero-order chi connectivity index (χ0) is 20.8. The van der Waals surface area contributed by atoms with Gasteiger partial charge in [0.25, 0.3) is 0 Å². The Balaban J connectivity index is 0.00000272. The van der Waals surface area contributed by atoms with Crippen LogP contribution in [-0.2, 0) is 0 Å². The highest BCUT2D eigenvalue weighted by Crippen LogP contribution is 2.33. The van der Waals surface area contributed by atoms with Crippen LogP contribution in [0.4, 0.5) is 0 Å². The molecule has 1 atom stereocenters. The molecule has 0 radical (unpaired) electrons. The Morgan fingerprint density at radius 3 is 2.42 bits per heavy atom. The van der Waals surface area contributed by atoms with E-state index in [4.69, 9.17) is 14.2 Å². The normalized spacial score (nSPS) is 11.8. The SMILES string of the molecule is COc1ccccc1OCCNC[C@H](O)COc1cccc2[nH]c3ccccc3c12.Cl. The molecule has 4 aromatic rings. The fourth-order valence-corrected chi connectivity index (χ4v) is 3.47. The number of aromatic amines is 1. The summed E-state index contributed by atoms with van der Waals surface area (Å²) in [6.07, 6.45) is -0.628. The fourth-order valence-electron chi connectivity index (χ4n) is 3.47. The van der Waals surface area contributed by atoms with E-state index in [1.807, 2.05) is 60.7 Å². The molecule has 1 aromatic heterocycles. The van der Waals surface area contributed by atoms with Gasteiger partial charge in [-0.05, 0) is 30.3 Å². The van der Waals surface area contributed by atoms with E-state index in [0.29, 0.717) is 31.2 Å². The van der Waals surface area contributed by atoms with Crippen molar-refractivity contribution in [2.75, 3.05) is 33.4 Å². The van der Waals surface area contributed by atoms with Gasteiger partial charge in [-0.25, -0.2) is 0 Å². The molecular weight excluding hydrogens is 416 g/mol. The summed E-state index contributed by atoms with van der Waals surface area (Å²) in [5, 5.41) is 15.6. The number of aromatic nitrogens is 1. The lowest BCUT2D eigenvalue weighted by atomic mass is 10.1. The third kappa shape index (κ3) is 5.41. The number of rotatable bonds is 10. The van der Waals surface area contributed by atoms with Crippen LogP contribution in [0.2, 0.25) is 0 Å². The van der Waals surface area contributed by atoms with Gasteiger partial charge in [-0.3, -0.25) is 0 Å². The molecule has 0 aliphatic rings. The number of ether oxygens (including phenoxy) is 3. The van der Waals surface area contributed by atoms with Crippen LogP contribution in [0.15, 0.2) is 66.7 Å². The molecule has 31 heavy (non-hydrogen) atoms. The number of aliphatic hydroxyl groups excluding tert-OH is 1. The number of nitrogens with one attached hydrogen (secondary N) is 2. The minimum Gasteiger partial charge on any atom is -0.493 e. The number of fused-ring (bicyclic) bond motifs is 3. The van der Waals surface area contributed by atoms with E-state index in [2.05, 4.69) is 16.4 Å². The van der Waals surface area contributed by atoms with E-state index >= 15 is 0 Å². The lowest BCUT2D eigenvalue weighted by Gasteiger charge is -2.15. The first-order valence-corrected chi connectivity index (χ1v) is 10.0. The van der Waals surface area contributed by atoms with Crippen molar-refractivity contribution in [3.8, 4) is 17.2 Å². The lowest BCUT2D eigenvalue weighted by molar-refractivity contribution is 0.106. The Morgan fingerprint density at radius 1 is 0.871 bits per heavy atom. The Kier molecular flexibility index (Phi) is 8.00. The summed E-state index contributed by atoms with van der Waals surface area (Å²) >= 11 is 0. The van der Waals surface area contributed by atoms with Crippen molar-refractivity contribution in [2.24, 2.45) is 0 Å². The van der Waals surface area contributed by atoms with Crippen LogP contribution in [0.1, 0.15) is 0 Å². The van der Waals surface area contributed by atoms with Gasteiger partial charge in [0.15, 0.2) is 11.5 Å². The van der Waals surface area contributed by atoms with Gasteiger partial charge in [0.2, 0.25) is 0 Å². The molecule has 1 heterocycles. The Morgan fingerprint density at radius 2 is 1.58 bits per heavy atom. The van der Waals surface area contributed by atoms with Gasteiger partial charge in [-0.2, -0.15) is 0 Å². The van der Waals surface area contributed by atoms with Crippen LogP contribution in [0.25, 0.3) is 21.8 Å². The second-order valence-corrected chi connectivity index (χ2v) is 7.02. The molecule has 3 N–H and O–H groups in total. The molecule has 0 amide bonds. The minimum atomic E-state index is -0.628. The van der Waals surface area contributed by atoms with Gasteiger partial charge < -0.3 is 29.6 Å². The van der Waals surface area contributed by atoms with Crippen LogP contribution in [-0.4, -0.2) is 49.6 Å². The van der Waals surface area contributed by atoms with Crippen molar-refractivity contribution in [1.29, 1.82) is 0 Å². The van der Waals surface area contributed by atoms with Gasteiger partial charge >= 0.3 is 0 Å². The van der Waals surface area contributed by atoms with Crippen LogP contribution in [0.3, 0.4) is 0 Å². The topological polar surface area (TPSA) is 75.7 Å². The molecule has 0 aliphatic carbocycles. The van der Waals surface area contributed by atoms with Crippen molar-refractivity contribution >= 4 is 34.2 Å². The summed E-state index contributed by atoms with van der Waals surface area (Å²) in [5.41, 5.74) is 2.09. The van der Waals surface area contributed by atoms with Gasteiger partial charge in [-0.15, -0.1) is 12.4 Å². The van der Waals surface area contributed by atoms with E-state index < -0.39 is 6.10 Å². The van der Waals surface area contributed by atoms with Gasteiger partial charge in [0.05, 0.1) is 12.6 Å². The molecule has 0 bridgehead atoms. The average Bonchev–Trinajstić information content (AvgIpc) is 3.17. The number of halogens is 1. The quantitative estimate of drug-likeness (QED) is 0.321. The molecule has 4 rings (SSSR count). The number of para-hydroxylation sites is 3. The molecule has 0 fully saturated rings. The number of benzene rings is 3. The summed E-state index contributed by atoms with van der Waals surface area (Å²) in [6, 6.07) is 21.6. The summed E-state index contributed by atoms with van der Waals surface area (Å²) in [7, 11) is 1.62. The summed E-state index contributed by atoms with van der Waals surface area (Å²) < 4.78 is 16.9. The van der Waals surface area contributed by atoms with E-state index in [0.717, 1.165) is 27.6 Å². The first kappa shape index (κ1) is 22.7. The molecule has 0 saturated heterocycles. The largest absolute Gasteiger partial charge is 0.493 e. The second-order valence-electron chi connectivity index (χ2n) is 7.02. The predicted octanol–water partition coefficient (Wildman–Crippen LogP) is 4.16. The van der Waals surface area contributed by atoms with E-state index in [1.165, 1.54) is 0 Å². The number of hydrogen-bond donors (Lipinski definition) is 3. The molecule has 0 saturated carbocycles. The minimum absolute atomic E-state index is 0. The smallest absolute Gasteiger partial charge is 0.161 e. The molecule has 6 nitrogen and oxygen atoms in total. The van der Waals surface area contributed by atoms with Crippen molar-refractivity contribution in [3.63, 3.8) is 0 Å². The Hall–Kier alpha value is -2.93. The molecule has 0 unspecified atom stereocenters. The lowest BCUT2D eigenvalue weighted by Crippen LogP contribution is -2.33. The highest BCUT2D eigenvalue weighted by molar-refractivity contribution is 6.10. The summed E-state index contributed by atoms with van der Waals surface area (Å²) in [6.45, 7) is 1.70. The van der Waals surface area contributed by atoms with Crippen molar-refractivity contribution < 1.29 is 19.3 Å². The van der Waals surface area contributed by atoms with E-state index in [9.17, 15) is 5.11 Å². The van der Waals surface area contributed by atoms with E-state index in [1.54, 1.807) is 7.11 Å². The van der Waals surface area contributed by atoms with Crippen LogP contribution >= 0.6 is 12.4 Å². The summed E-state index contributed by atoms with van der Waals surface area (Å²) in [4.78, 5) is 3.40. The maximum Gasteiger partial charge on any atom is 0.161 e. The molecule has 3 aromatic carbocycles. The van der Waals surface area contributed by atoms with E-state index in [-0.39, 0.29) is 19.0 Å². The maximum absolute atomic E-state index is 10.3. The first-order valence-electron chi connectivity index (χ1n) is 10.0. The Bertz CT molecular complexity index is 1120. The maximum atomic E-state index is 10.3. The van der Waals surface area contributed by atoms with Gasteiger partial charge in [0, 0.05) is 29.4 Å². The first-order chi connectivity index (χ1) is 14.8. The molecule has 164 valence electrons.